The van der Waals surface area contributed by atoms with E-state index in [1.165, 1.54) is 16.7 Å². The SMILES string of the molecule is Cc1ccc(NC(=O)C(C)N2CCN(Cc3ccccc3C)CC2)c(C)c1. The smallest absolute Gasteiger partial charge is 0.241 e. The van der Waals surface area contributed by atoms with E-state index < -0.39 is 0 Å². The predicted octanol–water partition coefficient (Wildman–Crippen LogP) is 3.76. The molecule has 0 aromatic heterocycles. The number of carbonyl (C=O) groups is 1. The molecule has 1 N–H and O–H groups in total. The summed E-state index contributed by atoms with van der Waals surface area (Å²) in [4.78, 5) is 17.5. The van der Waals surface area contributed by atoms with Crippen LogP contribution in [0.1, 0.15) is 29.2 Å². The van der Waals surface area contributed by atoms with Crippen molar-refractivity contribution < 1.29 is 4.79 Å². The van der Waals surface area contributed by atoms with E-state index in [2.05, 4.69) is 59.3 Å². The molecule has 27 heavy (non-hydrogen) atoms. The first kappa shape index (κ1) is 19.6. The van der Waals surface area contributed by atoms with Gasteiger partial charge in [0, 0.05) is 38.4 Å². The van der Waals surface area contributed by atoms with Crippen LogP contribution < -0.4 is 5.32 Å². The molecule has 1 heterocycles. The van der Waals surface area contributed by atoms with Crippen LogP contribution in [-0.2, 0) is 11.3 Å². The number of aryl methyl sites for hydroxylation is 3. The van der Waals surface area contributed by atoms with Gasteiger partial charge in [-0.3, -0.25) is 14.6 Å². The Morgan fingerprint density at radius 2 is 1.70 bits per heavy atom. The predicted molar refractivity (Wildman–Crippen MR) is 112 cm³/mol. The minimum absolute atomic E-state index is 0.0781. The lowest BCUT2D eigenvalue weighted by molar-refractivity contribution is -0.121. The normalized spacial score (nSPS) is 16.9. The van der Waals surface area contributed by atoms with Crippen molar-refractivity contribution in [2.45, 2.75) is 40.3 Å². The molecule has 0 aliphatic carbocycles. The number of nitrogens with one attached hydrogen (secondary N) is 1. The topological polar surface area (TPSA) is 35.6 Å². The van der Waals surface area contributed by atoms with Crippen LogP contribution in [0.15, 0.2) is 42.5 Å². The molecule has 4 heteroatoms. The Morgan fingerprint density at radius 3 is 2.37 bits per heavy atom. The van der Waals surface area contributed by atoms with Gasteiger partial charge in [0.25, 0.3) is 0 Å². The minimum atomic E-state index is -0.119. The average molecular weight is 366 g/mol. The van der Waals surface area contributed by atoms with Gasteiger partial charge in [-0.2, -0.15) is 0 Å². The van der Waals surface area contributed by atoms with Crippen molar-refractivity contribution in [3.8, 4) is 0 Å². The molecule has 3 rings (SSSR count). The zero-order valence-corrected chi connectivity index (χ0v) is 17.0. The number of nitrogens with zero attached hydrogens (tertiary/aromatic N) is 2. The fourth-order valence-electron chi connectivity index (χ4n) is 3.69. The van der Waals surface area contributed by atoms with Crippen LogP contribution in [-0.4, -0.2) is 47.9 Å². The molecule has 2 aromatic rings. The lowest BCUT2D eigenvalue weighted by Crippen LogP contribution is -2.52. The standard InChI is InChI=1S/C23H31N3O/c1-17-9-10-22(19(3)15-17)24-23(27)20(4)26-13-11-25(12-14-26)16-21-8-6-5-7-18(21)2/h5-10,15,20H,11-14,16H2,1-4H3,(H,24,27). The lowest BCUT2D eigenvalue weighted by Gasteiger charge is -2.37. The second kappa shape index (κ2) is 8.68. The van der Waals surface area contributed by atoms with E-state index >= 15 is 0 Å². The number of piperazine rings is 1. The van der Waals surface area contributed by atoms with Crippen LogP contribution in [0.2, 0.25) is 0 Å². The Hall–Kier alpha value is -2.17. The van der Waals surface area contributed by atoms with Crippen LogP contribution in [0.4, 0.5) is 5.69 Å². The van der Waals surface area contributed by atoms with Crippen molar-refractivity contribution in [2.24, 2.45) is 0 Å². The third-order valence-corrected chi connectivity index (χ3v) is 5.63. The largest absolute Gasteiger partial charge is 0.324 e. The molecule has 2 aromatic carbocycles. The summed E-state index contributed by atoms with van der Waals surface area (Å²) in [5.74, 6) is 0.0781. The summed E-state index contributed by atoms with van der Waals surface area (Å²) >= 11 is 0. The molecule has 4 nitrogen and oxygen atoms in total. The van der Waals surface area contributed by atoms with Gasteiger partial charge < -0.3 is 5.32 Å². The van der Waals surface area contributed by atoms with Crippen molar-refractivity contribution in [2.75, 3.05) is 31.5 Å². The van der Waals surface area contributed by atoms with Crippen molar-refractivity contribution in [3.63, 3.8) is 0 Å². The number of rotatable bonds is 5. The van der Waals surface area contributed by atoms with E-state index in [1.807, 2.05) is 26.0 Å². The number of amides is 1. The highest BCUT2D eigenvalue weighted by Gasteiger charge is 2.26. The van der Waals surface area contributed by atoms with Gasteiger partial charge in [0.1, 0.15) is 0 Å². The summed E-state index contributed by atoms with van der Waals surface area (Å²) in [6.07, 6.45) is 0. The fraction of sp³-hybridized carbons (Fsp3) is 0.435. The van der Waals surface area contributed by atoms with Gasteiger partial charge in [0.15, 0.2) is 0 Å². The highest BCUT2D eigenvalue weighted by molar-refractivity contribution is 5.95. The van der Waals surface area contributed by atoms with Crippen LogP contribution in [0, 0.1) is 20.8 Å². The van der Waals surface area contributed by atoms with Crippen LogP contribution >= 0.6 is 0 Å². The second-order valence-electron chi connectivity index (χ2n) is 7.72. The van der Waals surface area contributed by atoms with E-state index in [9.17, 15) is 4.79 Å². The quantitative estimate of drug-likeness (QED) is 0.876. The zero-order valence-electron chi connectivity index (χ0n) is 17.0. The third-order valence-electron chi connectivity index (χ3n) is 5.63. The summed E-state index contributed by atoms with van der Waals surface area (Å²) in [5.41, 5.74) is 5.98. The molecule has 0 bridgehead atoms. The Labute approximate surface area is 163 Å². The molecule has 0 spiro atoms. The first-order valence-corrected chi connectivity index (χ1v) is 9.83. The maximum atomic E-state index is 12.7. The molecular weight excluding hydrogens is 334 g/mol. The number of hydrogen-bond acceptors (Lipinski definition) is 3. The third kappa shape index (κ3) is 4.96. The van der Waals surface area contributed by atoms with Crippen molar-refractivity contribution in [3.05, 3.63) is 64.7 Å². The molecule has 1 saturated heterocycles. The highest BCUT2D eigenvalue weighted by atomic mass is 16.2. The summed E-state index contributed by atoms with van der Waals surface area (Å²) < 4.78 is 0. The minimum Gasteiger partial charge on any atom is -0.324 e. The monoisotopic (exact) mass is 365 g/mol. The Morgan fingerprint density at radius 1 is 1.00 bits per heavy atom. The number of hydrogen-bond donors (Lipinski definition) is 1. The number of carbonyl (C=O) groups excluding carboxylic acids is 1. The maximum absolute atomic E-state index is 12.7. The van der Waals surface area contributed by atoms with Crippen molar-refractivity contribution in [1.82, 2.24) is 9.80 Å². The van der Waals surface area contributed by atoms with Gasteiger partial charge >= 0.3 is 0 Å². The van der Waals surface area contributed by atoms with E-state index in [4.69, 9.17) is 0 Å². The molecule has 1 aliphatic heterocycles. The highest BCUT2D eigenvalue weighted by Crippen LogP contribution is 2.18. The van der Waals surface area contributed by atoms with Crippen molar-refractivity contribution in [1.29, 1.82) is 0 Å². The summed E-state index contributed by atoms with van der Waals surface area (Å²) in [6.45, 7) is 13.1. The number of anilines is 1. The van der Waals surface area contributed by atoms with E-state index in [0.29, 0.717) is 0 Å². The molecule has 0 radical (unpaired) electrons. The van der Waals surface area contributed by atoms with Gasteiger partial charge in [-0.05, 0) is 50.5 Å². The Balaban J connectivity index is 1.52. The summed E-state index contributed by atoms with van der Waals surface area (Å²) in [5, 5.41) is 3.10. The number of benzene rings is 2. The van der Waals surface area contributed by atoms with Gasteiger partial charge in [0.05, 0.1) is 6.04 Å². The fourth-order valence-corrected chi connectivity index (χ4v) is 3.69. The van der Waals surface area contributed by atoms with E-state index in [1.54, 1.807) is 0 Å². The molecular formula is C23H31N3O. The Bertz CT molecular complexity index is 794. The molecule has 0 saturated carbocycles. The molecule has 1 unspecified atom stereocenters. The maximum Gasteiger partial charge on any atom is 0.241 e. The molecule has 1 amide bonds. The van der Waals surface area contributed by atoms with Crippen LogP contribution in [0.25, 0.3) is 0 Å². The zero-order chi connectivity index (χ0) is 19.4. The molecule has 144 valence electrons. The van der Waals surface area contributed by atoms with Crippen LogP contribution in [0.3, 0.4) is 0 Å². The van der Waals surface area contributed by atoms with Gasteiger partial charge in [-0.15, -0.1) is 0 Å². The van der Waals surface area contributed by atoms with E-state index in [0.717, 1.165) is 44.0 Å². The van der Waals surface area contributed by atoms with Gasteiger partial charge in [0.2, 0.25) is 5.91 Å². The molecule has 1 atom stereocenters. The average Bonchev–Trinajstić information content (AvgIpc) is 2.66. The molecule has 1 fully saturated rings. The van der Waals surface area contributed by atoms with Gasteiger partial charge in [-0.25, -0.2) is 0 Å². The first-order valence-electron chi connectivity index (χ1n) is 9.83. The van der Waals surface area contributed by atoms with Crippen molar-refractivity contribution >= 4 is 11.6 Å². The first-order chi connectivity index (χ1) is 12.9. The molecule has 1 aliphatic rings. The van der Waals surface area contributed by atoms with Crippen LogP contribution in [0.5, 0.6) is 0 Å². The second-order valence-corrected chi connectivity index (χ2v) is 7.72. The summed E-state index contributed by atoms with van der Waals surface area (Å²) in [7, 11) is 0. The van der Waals surface area contributed by atoms with Gasteiger partial charge in [-0.1, -0.05) is 42.0 Å². The summed E-state index contributed by atoms with van der Waals surface area (Å²) in [6, 6.07) is 14.6. The Kier molecular flexibility index (Phi) is 6.30. The van der Waals surface area contributed by atoms with E-state index in [-0.39, 0.29) is 11.9 Å². The lowest BCUT2D eigenvalue weighted by atomic mass is 10.1.